The molecule has 0 heterocycles. The molecule has 0 radical (unpaired) electrons. The molecule has 0 aromatic heterocycles. The Kier molecular flexibility index (Phi) is 6.78. The number of nitrogens with two attached hydrogens (primary N) is 1. The van der Waals surface area contributed by atoms with Crippen molar-refractivity contribution in [1.82, 2.24) is 0 Å². The first-order chi connectivity index (χ1) is 12.5. The summed E-state index contributed by atoms with van der Waals surface area (Å²) in [7, 11) is 0. The zero-order chi connectivity index (χ0) is 20.5. The molecule has 148 valence electrons. The van der Waals surface area contributed by atoms with Gasteiger partial charge in [0.1, 0.15) is 0 Å². The van der Waals surface area contributed by atoms with Gasteiger partial charge in [0, 0.05) is 5.69 Å². The van der Waals surface area contributed by atoms with Crippen LogP contribution in [0.1, 0.15) is 118 Å². The highest BCUT2D eigenvalue weighted by Crippen LogP contribution is 2.34. The van der Waals surface area contributed by atoms with Crippen LogP contribution in [0, 0.1) is 6.92 Å². The van der Waals surface area contributed by atoms with E-state index >= 15 is 0 Å². The van der Waals surface area contributed by atoms with Crippen LogP contribution in [0.2, 0.25) is 0 Å². The predicted molar refractivity (Wildman–Crippen MR) is 121 cm³/mol. The number of benzene rings is 2. The third-order valence-electron chi connectivity index (χ3n) is 5.75. The van der Waals surface area contributed by atoms with Gasteiger partial charge in [-0.2, -0.15) is 0 Å². The van der Waals surface area contributed by atoms with Gasteiger partial charge in [-0.1, -0.05) is 79.7 Å². The Morgan fingerprint density at radius 1 is 0.593 bits per heavy atom. The van der Waals surface area contributed by atoms with Crippen LogP contribution in [0.15, 0.2) is 24.3 Å². The van der Waals surface area contributed by atoms with E-state index < -0.39 is 0 Å². The largest absolute Gasteiger partial charge is 0.398 e. The third-order valence-corrected chi connectivity index (χ3v) is 5.75. The van der Waals surface area contributed by atoms with E-state index in [1.54, 1.807) is 0 Å². The molecular weight excluding hydrogens is 326 g/mol. The molecule has 1 heteroatoms. The van der Waals surface area contributed by atoms with Crippen LogP contribution in [0.3, 0.4) is 0 Å². The monoisotopic (exact) mass is 365 g/mol. The summed E-state index contributed by atoms with van der Waals surface area (Å²) in [5.74, 6) is 1.98. The second-order valence-electron chi connectivity index (χ2n) is 9.38. The maximum Gasteiger partial charge on any atom is 0.0384 e. The fraction of sp³-hybridized carbons (Fsp3) is 0.538. The Balaban J connectivity index is 2.56. The van der Waals surface area contributed by atoms with Crippen LogP contribution in [-0.2, 0) is 6.42 Å². The molecule has 0 bridgehead atoms. The smallest absolute Gasteiger partial charge is 0.0384 e. The molecule has 0 unspecified atom stereocenters. The quantitative estimate of drug-likeness (QED) is 0.522. The van der Waals surface area contributed by atoms with E-state index in [1.807, 2.05) is 0 Å². The average molecular weight is 366 g/mol. The molecule has 2 aromatic carbocycles. The fourth-order valence-electron chi connectivity index (χ4n) is 4.18. The first-order valence-electron chi connectivity index (χ1n) is 10.6. The summed E-state index contributed by atoms with van der Waals surface area (Å²) in [4.78, 5) is 0. The summed E-state index contributed by atoms with van der Waals surface area (Å²) in [5.41, 5.74) is 17.3. The number of hydrogen-bond donors (Lipinski definition) is 1. The SMILES string of the molecule is Cc1c(C(C)C)cc(Cc2cc(C(C)C)c(N)c(C(C)C)c2)cc1C(C)C. The molecule has 0 saturated heterocycles. The Labute approximate surface area is 167 Å². The Hall–Kier alpha value is -1.76. The molecule has 0 aliphatic rings. The van der Waals surface area contributed by atoms with Crippen molar-refractivity contribution in [1.29, 1.82) is 0 Å². The highest BCUT2D eigenvalue weighted by molar-refractivity contribution is 5.58. The van der Waals surface area contributed by atoms with Crippen molar-refractivity contribution in [3.8, 4) is 0 Å². The molecule has 2 N–H and O–H groups in total. The van der Waals surface area contributed by atoms with Gasteiger partial charge in [0.15, 0.2) is 0 Å². The second kappa shape index (κ2) is 8.50. The highest BCUT2D eigenvalue weighted by Gasteiger charge is 2.16. The molecule has 0 fully saturated rings. The second-order valence-corrected chi connectivity index (χ2v) is 9.38. The Bertz CT molecular complexity index is 668. The maximum absolute atomic E-state index is 6.50. The van der Waals surface area contributed by atoms with Crippen LogP contribution in [0.25, 0.3) is 0 Å². The zero-order valence-electron chi connectivity index (χ0n) is 18.9. The normalized spacial score (nSPS) is 12.0. The van der Waals surface area contributed by atoms with E-state index in [9.17, 15) is 0 Å². The molecule has 0 spiro atoms. The van der Waals surface area contributed by atoms with Gasteiger partial charge in [-0.05, 0) is 76.0 Å². The number of anilines is 1. The number of rotatable bonds is 6. The number of nitrogen functional groups attached to an aromatic ring is 1. The van der Waals surface area contributed by atoms with Crippen molar-refractivity contribution in [3.05, 3.63) is 63.2 Å². The van der Waals surface area contributed by atoms with Gasteiger partial charge < -0.3 is 5.73 Å². The van der Waals surface area contributed by atoms with Gasteiger partial charge in [-0.3, -0.25) is 0 Å². The molecule has 27 heavy (non-hydrogen) atoms. The standard InChI is InChI=1S/C26H39N/c1-15(2)22-11-20(12-23(16(3)4)19(22)9)10-21-13-24(17(5)6)26(27)25(14-21)18(7)8/h11-18H,10,27H2,1-9H3. The summed E-state index contributed by atoms with van der Waals surface area (Å²) in [6, 6.07) is 9.50. The fourth-order valence-corrected chi connectivity index (χ4v) is 4.18. The molecule has 0 atom stereocenters. The molecular formula is C26H39N. The van der Waals surface area contributed by atoms with Crippen LogP contribution in [0.5, 0.6) is 0 Å². The van der Waals surface area contributed by atoms with Crippen LogP contribution in [-0.4, -0.2) is 0 Å². The summed E-state index contributed by atoms with van der Waals surface area (Å²) in [6.45, 7) is 20.4. The van der Waals surface area contributed by atoms with Gasteiger partial charge in [-0.25, -0.2) is 0 Å². The van der Waals surface area contributed by atoms with E-state index in [0.717, 1.165) is 12.1 Å². The lowest BCUT2D eigenvalue weighted by Crippen LogP contribution is -2.06. The lowest BCUT2D eigenvalue weighted by atomic mass is 9.85. The van der Waals surface area contributed by atoms with Gasteiger partial charge in [-0.15, -0.1) is 0 Å². The third kappa shape index (κ3) is 4.75. The topological polar surface area (TPSA) is 26.0 Å². The summed E-state index contributed by atoms with van der Waals surface area (Å²) in [6.07, 6.45) is 0.972. The van der Waals surface area contributed by atoms with Gasteiger partial charge in [0.2, 0.25) is 0 Å². The summed E-state index contributed by atoms with van der Waals surface area (Å²) in [5, 5.41) is 0. The number of hydrogen-bond acceptors (Lipinski definition) is 1. The molecule has 0 saturated carbocycles. The lowest BCUT2D eigenvalue weighted by molar-refractivity contribution is 0.811. The first kappa shape index (κ1) is 21.5. The van der Waals surface area contributed by atoms with Gasteiger partial charge in [0.05, 0.1) is 0 Å². The minimum absolute atomic E-state index is 0.443. The van der Waals surface area contributed by atoms with E-state index in [2.05, 4.69) is 86.6 Å². The van der Waals surface area contributed by atoms with Crippen molar-refractivity contribution in [3.63, 3.8) is 0 Å². The predicted octanol–water partition coefficient (Wildman–Crippen LogP) is 7.66. The molecule has 1 nitrogen and oxygen atoms in total. The van der Waals surface area contributed by atoms with E-state index in [4.69, 9.17) is 5.73 Å². The minimum atomic E-state index is 0.443. The molecule has 2 rings (SSSR count). The van der Waals surface area contributed by atoms with Crippen molar-refractivity contribution in [2.75, 3.05) is 5.73 Å². The zero-order valence-corrected chi connectivity index (χ0v) is 18.9. The van der Waals surface area contributed by atoms with Crippen molar-refractivity contribution in [2.24, 2.45) is 0 Å². The van der Waals surface area contributed by atoms with Gasteiger partial charge >= 0.3 is 0 Å². The van der Waals surface area contributed by atoms with E-state index in [0.29, 0.717) is 23.7 Å². The van der Waals surface area contributed by atoms with Gasteiger partial charge in [0.25, 0.3) is 0 Å². The Morgan fingerprint density at radius 3 is 1.19 bits per heavy atom. The van der Waals surface area contributed by atoms with Crippen molar-refractivity contribution < 1.29 is 0 Å². The van der Waals surface area contributed by atoms with E-state index in [-0.39, 0.29) is 0 Å². The molecule has 2 aromatic rings. The van der Waals surface area contributed by atoms with Crippen LogP contribution < -0.4 is 5.73 Å². The molecule has 0 aliphatic heterocycles. The average Bonchev–Trinajstić information content (AvgIpc) is 2.56. The molecule has 0 amide bonds. The Morgan fingerprint density at radius 2 is 0.889 bits per heavy atom. The van der Waals surface area contributed by atoms with Crippen LogP contribution in [0.4, 0.5) is 5.69 Å². The maximum atomic E-state index is 6.50. The first-order valence-corrected chi connectivity index (χ1v) is 10.6. The van der Waals surface area contributed by atoms with E-state index in [1.165, 1.54) is 38.9 Å². The highest BCUT2D eigenvalue weighted by atomic mass is 14.6. The molecule has 0 aliphatic carbocycles. The summed E-state index contributed by atoms with van der Waals surface area (Å²) >= 11 is 0. The summed E-state index contributed by atoms with van der Waals surface area (Å²) < 4.78 is 0. The van der Waals surface area contributed by atoms with Crippen molar-refractivity contribution >= 4 is 5.69 Å². The van der Waals surface area contributed by atoms with Crippen LogP contribution >= 0.6 is 0 Å². The minimum Gasteiger partial charge on any atom is -0.398 e. The van der Waals surface area contributed by atoms with Crippen molar-refractivity contribution in [2.45, 2.75) is 92.4 Å². The lowest BCUT2D eigenvalue weighted by Gasteiger charge is -2.21.